The molecular formula is C15H15F25O4. The van der Waals surface area contributed by atoms with Crippen molar-refractivity contribution >= 4 is 0 Å². The molecule has 29 heteroatoms. The van der Waals surface area contributed by atoms with Crippen molar-refractivity contribution in [1.82, 2.24) is 0 Å². The van der Waals surface area contributed by atoms with Gasteiger partial charge in [0, 0.05) is 7.11 Å². The van der Waals surface area contributed by atoms with Crippen LogP contribution in [0.3, 0.4) is 0 Å². The van der Waals surface area contributed by atoms with Crippen LogP contribution in [0.15, 0.2) is 37.7 Å². The van der Waals surface area contributed by atoms with Gasteiger partial charge in [-0.05, 0) is 4.53 Å². The van der Waals surface area contributed by atoms with E-state index in [1.54, 1.807) is 4.74 Å². The van der Waals surface area contributed by atoms with Crippen LogP contribution in [0.4, 0.5) is 110 Å². The number of methoxy groups -OCH3 is 1. The molecule has 0 rings (SSSR count). The third-order valence-electron chi connectivity index (χ3n) is 1.49. The molecule has 274 valence electrons. The van der Waals surface area contributed by atoms with Crippen molar-refractivity contribution in [2.45, 2.75) is 51.6 Å². The first-order valence-corrected chi connectivity index (χ1v) is 7.90. The Balaban J connectivity index is -0.0000000612. The first kappa shape index (κ1) is 60.4. The van der Waals surface area contributed by atoms with Crippen molar-refractivity contribution in [2.24, 2.45) is 0 Å². The molecule has 0 N–H and O–H groups in total. The predicted octanol–water partition coefficient (Wildman–Crippen LogP) is 11.1. The quantitative estimate of drug-likeness (QED) is 0.164. The van der Waals surface area contributed by atoms with Gasteiger partial charge in [-0.1, -0.05) is 12.4 Å². The highest BCUT2D eigenvalue weighted by molar-refractivity contribution is 4.80. The molecule has 0 spiro atoms. The molecule has 44 heavy (non-hydrogen) atoms. The second-order valence-electron chi connectivity index (χ2n) is 4.51. The van der Waals surface area contributed by atoms with Gasteiger partial charge in [0.05, 0.1) is 0 Å². The maximum absolute atomic E-state index is 11.4. The lowest BCUT2D eigenvalue weighted by Crippen LogP contribution is -2.36. The number of rotatable bonds is 4. The lowest BCUT2D eigenvalue weighted by atomic mass is 10.7. The van der Waals surface area contributed by atoms with Crippen LogP contribution in [-0.2, 0) is 19.2 Å². The fourth-order valence-electron chi connectivity index (χ4n) is 0.473. The second kappa shape index (κ2) is 27.7. The summed E-state index contributed by atoms with van der Waals surface area (Å²) in [7, 11) is 0.651. The number of halogens is 25. The average molecular weight is 734 g/mol. The van der Waals surface area contributed by atoms with Gasteiger partial charge in [0.1, 0.15) is 0 Å². The van der Waals surface area contributed by atoms with Crippen LogP contribution < -0.4 is 0 Å². The van der Waals surface area contributed by atoms with Crippen LogP contribution in [0, 0.1) is 0 Å². The molecule has 0 aliphatic rings. The first-order chi connectivity index (χ1) is 18.3. The Kier molecular flexibility index (Phi) is 38.0. The van der Waals surface area contributed by atoms with Gasteiger partial charge in [-0.15, -0.1) is 52.7 Å². The number of ether oxygens (including phenoxy) is 3. The summed E-state index contributed by atoms with van der Waals surface area (Å²) in [5.74, 6) is 0. The van der Waals surface area contributed by atoms with Crippen LogP contribution in [0.1, 0.15) is 7.43 Å². The maximum Gasteiger partial charge on any atom is 0.574 e. The molecule has 0 aromatic heterocycles. The summed E-state index contributed by atoms with van der Waals surface area (Å²) < 4.78 is 265. The highest BCUT2D eigenvalue weighted by Gasteiger charge is 2.51. The minimum atomic E-state index is -5.76. The van der Waals surface area contributed by atoms with Gasteiger partial charge in [0.25, 0.3) is 12.4 Å². The normalized spacial score (nSPS) is 11.5. The third kappa shape index (κ3) is 58.7. The van der Waals surface area contributed by atoms with E-state index >= 15 is 0 Å². The molecule has 1 atom stereocenters. The lowest BCUT2D eigenvalue weighted by molar-refractivity contribution is -0.446. The number of alkyl halides is 17. The Morgan fingerprint density at radius 3 is 1.02 bits per heavy atom. The molecule has 0 heterocycles. The molecule has 0 amide bonds. The first-order valence-electron chi connectivity index (χ1n) is 7.90. The Hall–Kier alpha value is -2.85. The molecule has 0 aliphatic carbocycles. The summed E-state index contributed by atoms with van der Waals surface area (Å²) in [6.07, 6.45) is -40.5. The van der Waals surface area contributed by atoms with Crippen LogP contribution in [-0.4, -0.2) is 51.3 Å². The molecule has 0 saturated carbocycles. The van der Waals surface area contributed by atoms with Crippen molar-refractivity contribution in [1.29, 1.82) is 0 Å². The smallest absolute Gasteiger partial charge is 0.374 e. The zero-order valence-electron chi connectivity index (χ0n) is 19.3. The van der Waals surface area contributed by atoms with Crippen molar-refractivity contribution in [2.75, 3.05) is 7.11 Å². The molecule has 4 nitrogen and oxygen atoms in total. The molecule has 0 bridgehead atoms. The monoisotopic (exact) mass is 734 g/mol. The SMILES string of the molecule is C.C=C.COC(F)C(F)(F)F.F.FC(F)=C(F)OC(F)(F)F.FC(F)C(F)(F)OC(F)(F)F.FC=C(F)F.FOC(F)(F)F. The Bertz CT molecular complexity index is 700. The number of hydrogen-bond donors (Lipinski definition) is 0. The zero-order valence-corrected chi connectivity index (χ0v) is 19.3. The summed E-state index contributed by atoms with van der Waals surface area (Å²) in [6, 6.07) is -2.92. The molecule has 0 aromatic carbocycles. The fraction of sp³-hybridized carbons (Fsp3) is 0.600. The van der Waals surface area contributed by atoms with Crippen molar-refractivity contribution < 1.29 is 129 Å². The van der Waals surface area contributed by atoms with Crippen molar-refractivity contribution in [3.8, 4) is 0 Å². The van der Waals surface area contributed by atoms with Gasteiger partial charge >= 0.3 is 49.9 Å². The van der Waals surface area contributed by atoms with E-state index in [9.17, 15) is 106 Å². The van der Waals surface area contributed by atoms with E-state index in [-0.39, 0.29) is 12.1 Å². The zero-order chi connectivity index (χ0) is 35.9. The lowest BCUT2D eigenvalue weighted by Gasteiger charge is -2.16. The van der Waals surface area contributed by atoms with Gasteiger partial charge in [0.2, 0.25) is 0 Å². The van der Waals surface area contributed by atoms with E-state index in [1.165, 1.54) is 4.94 Å². The molecule has 0 aliphatic heterocycles. The van der Waals surface area contributed by atoms with E-state index in [2.05, 4.69) is 22.6 Å². The Morgan fingerprint density at radius 1 is 0.682 bits per heavy atom. The van der Waals surface area contributed by atoms with Crippen LogP contribution in [0.5, 0.6) is 0 Å². The minimum absolute atomic E-state index is 0. The highest BCUT2D eigenvalue weighted by Crippen LogP contribution is 2.32. The van der Waals surface area contributed by atoms with Crippen molar-refractivity contribution in [3.05, 3.63) is 37.7 Å². The van der Waals surface area contributed by atoms with Gasteiger partial charge < -0.3 is 9.47 Å². The highest BCUT2D eigenvalue weighted by atomic mass is 19.5. The molecule has 0 radical (unpaired) electrons. The standard InChI is InChI=1S/C3HF7O.C3F6O.C3H4F4O.C2HF3.C2H4.CF4O.CH4.FH/c4-1(5)2(6,7)11-3(8,9)10;4-1(5)2(6)10-3(7,8)9;1-8-2(4)3(5,6)7;3-1-2(4)5;1-2;2-1(3,4)6-5;;/h1H;;2H,1H3;1H;1-2H2;;1H4;1H. The maximum atomic E-state index is 11.4. The van der Waals surface area contributed by atoms with Crippen molar-refractivity contribution in [3.63, 3.8) is 0 Å². The predicted molar refractivity (Wildman–Crippen MR) is 93.7 cm³/mol. The molecule has 0 saturated heterocycles. The van der Waals surface area contributed by atoms with Gasteiger partial charge in [-0.25, -0.2) is 22.3 Å². The van der Waals surface area contributed by atoms with E-state index < -0.39 is 68.7 Å². The van der Waals surface area contributed by atoms with Crippen LogP contribution in [0.25, 0.3) is 0 Å². The summed E-state index contributed by atoms with van der Waals surface area (Å²) in [5, 5.41) is 0. The molecular weight excluding hydrogens is 719 g/mol. The van der Waals surface area contributed by atoms with E-state index in [0.717, 1.165) is 0 Å². The minimum Gasteiger partial charge on any atom is -0.374 e. The van der Waals surface area contributed by atoms with Gasteiger partial charge in [-0.3, -0.25) is 4.70 Å². The molecule has 1 unspecified atom stereocenters. The van der Waals surface area contributed by atoms with Crippen LogP contribution in [0.2, 0.25) is 0 Å². The van der Waals surface area contributed by atoms with E-state index in [0.29, 0.717) is 7.11 Å². The van der Waals surface area contributed by atoms with E-state index in [1.807, 2.05) is 0 Å². The molecule has 0 aromatic rings. The molecule has 0 fully saturated rings. The van der Waals surface area contributed by atoms with Gasteiger partial charge in [-0.2, -0.15) is 43.9 Å². The second-order valence-corrected chi connectivity index (χ2v) is 4.51. The Labute approximate surface area is 227 Å². The summed E-state index contributed by atoms with van der Waals surface area (Å²) in [6.45, 7) is 6.00. The van der Waals surface area contributed by atoms with Gasteiger partial charge in [0.15, 0.2) is 6.33 Å². The number of hydrogen-bond acceptors (Lipinski definition) is 4. The average Bonchev–Trinajstić information content (AvgIpc) is 2.77. The fourth-order valence-corrected chi connectivity index (χ4v) is 0.473. The third-order valence-corrected chi connectivity index (χ3v) is 1.49. The van der Waals surface area contributed by atoms with E-state index in [4.69, 9.17) is 0 Å². The topological polar surface area (TPSA) is 36.9 Å². The summed E-state index contributed by atoms with van der Waals surface area (Å²) in [5.41, 5.74) is 0. The largest absolute Gasteiger partial charge is 0.574 e. The summed E-state index contributed by atoms with van der Waals surface area (Å²) in [4.78, 5) is 1.44. The Morgan fingerprint density at radius 2 is 0.977 bits per heavy atom. The summed E-state index contributed by atoms with van der Waals surface area (Å²) >= 11 is 0. The van der Waals surface area contributed by atoms with Crippen LogP contribution >= 0.6 is 0 Å².